The lowest BCUT2D eigenvalue weighted by molar-refractivity contribution is -0.314. The number of ketones is 2. The molecular formula is C23H16F3NO7. The molecule has 1 aromatic heterocycles. The van der Waals surface area contributed by atoms with Gasteiger partial charge in [0.2, 0.25) is 6.29 Å². The van der Waals surface area contributed by atoms with Gasteiger partial charge in [-0.2, -0.15) is 13.2 Å². The van der Waals surface area contributed by atoms with E-state index in [1.807, 2.05) is 0 Å². The highest BCUT2D eigenvalue weighted by atomic mass is 19.4. The molecule has 4 atom stereocenters. The average Bonchev–Trinajstić information content (AvgIpc) is 2.80. The molecule has 34 heavy (non-hydrogen) atoms. The molecule has 0 radical (unpaired) electrons. The van der Waals surface area contributed by atoms with Crippen LogP contribution in [0, 0.1) is 0 Å². The molecule has 0 saturated carbocycles. The zero-order valence-electron chi connectivity index (χ0n) is 17.1. The molecule has 1 fully saturated rings. The molecule has 8 nitrogen and oxygen atoms in total. The third-order valence-electron chi connectivity index (χ3n) is 5.87. The molecule has 5 rings (SSSR count). The number of nitrogens with zero attached hydrogens (tertiary/aromatic N) is 1. The molecule has 0 amide bonds. The fraction of sp³-hybridized carbons (Fsp3) is 0.261. The summed E-state index contributed by atoms with van der Waals surface area (Å²) in [4.78, 5) is 30.5. The topological polar surface area (TPSA) is 126 Å². The largest absolute Gasteiger partial charge is 0.504 e. The zero-order valence-corrected chi connectivity index (χ0v) is 17.1. The Kier molecular flexibility index (Phi) is 5.08. The minimum atomic E-state index is -5.01. The van der Waals surface area contributed by atoms with E-state index < -0.39 is 60.3 Å². The molecule has 2 aromatic carbocycles. The maximum atomic E-state index is 13.3. The Morgan fingerprint density at radius 2 is 1.65 bits per heavy atom. The number of halogens is 3. The van der Waals surface area contributed by atoms with E-state index in [4.69, 9.17) is 9.47 Å². The highest BCUT2D eigenvalue weighted by Gasteiger charge is 2.53. The lowest BCUT2D eigenvalue weighted by Crippen LogP contribution is -2.55. The van der Waals surface area contributed by atoms with Crippen LogP contribution in [0.3, 0.4) is 0 Å². The van der Waals surface area contributed by atoms with E-state index in [1.165, 1.54) is 30.5 Å². The monoisotopic (exact) mass is 475 g/mol. The number of carbonyl (C=O) groups is 2. The average molecular weight is 475 g/mol. The van der Waals surface area contributed by atoms with Crippen molar-refractivity contribution in [2.24, 2.45) is 0 Å². The van der Waals surface area contributed by atoms with E-state index in [-0.39, 0.29) is 33.2 Å². The summed E-state index contributed by atoms with van der Waals surface area (Å²) in [7, 11) is 0. The van der Waals surface area contributed by atoms with Crippen molar-refractivity contribution in [3.8, 4) is 11.5 Å². The van der Waals surface area contributed by atoms with Crippen LogP contribution in [0.4, 0.5) is 13.2 Å². The number of fused-ring (bicyclic) bond motifs is 4. The van der Waals surface area contributed by atoms with E-state index in [2.05, 4.69) is 4.98 Å². The van der Waals surface area contributed by atoms with Gasteiger partial charge in [0.05, 0.1) is 11.7 Å². The van der Waals surface area contributed by atoms with Crippen molar-refractivity contribution in [1.29, 1.82) is 0 Å². The van der Waals surface area contributed by atoms with Crippen LogP contribution in [0.1, 0.15) is 38.3 Å². The molecule has 176 valence electrons. The van der Waals surface area contributed by atoms with E-state index >= 15 is 0 Å². The molecule has 3 aromatic rings. The van der Waals surface area contributed by atoms with Gasteiger partial charge in [0.25, 0.3) is 0 Å². The van der Waals surface area contributed by atoms with Crippen molar-refractivity contribution in [3.63, 3.8) is 0 Å². The first kappa shape index (κ1) is 22.3. The number of carbonyl (C=O) groups excluding carboxylic acids is 2. The van der Waals surface area contributed by atoms with Gasteiger partial charge in [-0.1, -0.05) is 30.3 Å². The summed E-state index contributed by atoms with van der Waals surface area (Å²) in [6.45, 7) is 0. The summed E-state index contributed by atoms with van der Waals surface area (Å²) in [6, 6.07) is 8.98. The van der Waals surface area contributed by atoms with Crippen molar-refractivity contribution >= 4 is 22.5 Å². The first-order valence-corrected chi connectivity index (χ1v) is 10.2. The number of aromatic nitrogens is 1. The van der Waals surface area contributed by atoms with Gasteiger partial charge in [0, 0.05) is 34.7 Å². The maximum Gasteiger partial charge on any atom is 0.417 e. The molecule has 1 aliphatic heterocycles. The summed E-state index contributed by atoms with van der Waals surface area (Å²) in [6.07, 6.45) is -12.8. The quantitative estimate of drug-likeness (QED) is 0.404. The molecule has 11 heteroatoms. The van der Waals surface area contributed by atoms with Crippen molar-refractivity contribution in [1.82, 2.24) is 4.98 Å². The van der Waals surface area contributed by atoms with Crippen LogP contribution in [0.5, 0.6) is 11.5 Å². The predicted molar refractivity (Wildman–Crippen MR) is 109 cm³/mol. The first-order chi connectivity index (χ1) is 16.1. The molecule has 2 aliphatic rings. The summed E-state index contributed by atoms with van der Waals surface area (Å²) >= 11 is 0. The highest BCUT2D eigenvalue weighted by molar-refractivity contribution is 6.33. The minimum absolute atomic E-state index is 0.0501. The van der Waals surface area contributed by atoms with Gasteiger partial charge in [0.1, 0.15) is 11.6 Å². The number of rotatable bonds is 2. The molecular weight excluding hydrogens is 459 g/mol. The highest BCUT2D eigenvalue weighted by Crippen LogP contribution is 2.45. The van der Waals surface area contributed by atoms with Crippen LogP contribution in [-0.2, 0) is 4.74 Å². The second kappa shape index (κ2) is 7.76. The van der Waals surface area contributed by atoms with Gasteiger partial charge in [-0.15, -0.1) is 0 Å². The number of aliphatic hydroxyl groups excluding tert-OH is 2. The number of phenolic OH excluding ortho intramolecular Hbond substituents is 1. The van der Waals surface area contributed by atoms with Gasteiger partial charge >= 0.3 is 6.18 Å². The number of aliphatic hydroxyl groups is 2. The van der Waals surface area contributed by atoms with E-state index in [0.29, 0.717) is 0 Å². The van der Waals surface area contributed by atoms with Crippen LogP contribution in [-0.4, -0.2) is 62.6 Å². The summed E-state index contributed by atoms with van der Waals surface area (Å²) in [5, 5.41) is 30.8. The molecule has 0 bridgehead atoms. The number of hydrogen-bond donors (Lipinski definition) is 3. The van der Waals surface area contributed by atoms with Crippen molar-refractivity contribution in [2.45, 2.75) is 37.2 Å². The Morgan fingerprint density at radius 3 is 2.29 bits per heavy atom. The third kappa shape index (κ3) is 3.31. The van der Waals surface area contributed by atoms with Gasteiger partial charge in [-0.25, -0.2) is 0 Å². The summed E-state index contributed by atoms with van der Waals surface area (Å²) in [5.41, 5.74) is -0.382. The van der Waals surface area contributed by atoms with Gasteiger partial charge in [-0.05, 0) is 6.07 Å². The SMILES string of the molecule is O=C1c2ccccc2C(=O)c2c1c(O)c(O[C@H]1C[C@H](O)[C@H](O)[C@H](C(F)(F)F)O1)c1ncccc21. The number of phenols is 1. The lowest BCUT2D eigenvalue weighted by Gasteiger charge is -2.37. The Balaban J connectivity index is 1.65. The van der Waals surface area contributed by atoms with E-state index in [1.54, 1.807) is 12.1 Å². The second-order valence-electron chi connectivity index (χ2n) is 7.97. The fourth-order valence-electron chi connectivity index (χ4n) is 4.30. The van der Waals surface area contributed by atoms with Crippen LogP contribution in [0.25, 0.3) is 10.9 Å². The number of hydrogen-bond acceptors (Lipinski definition) is 8. The number of alkyl halides is 3. The van der Waals surface area contributed by atoms with Crippen molar-refractivity contribution in [3.05, 3.63) is 64.8 Å². The minimum Gasteiger partial charge on any atom is -0.504 e. The summed E-state index contributed by atoms with van der Waals surface area (Å²) < 4.78 is 50.2. The van der Waals surface area contributed by atoms with E-state index in [9.17, 15) is 38.1 Å². The number of pyridine rings is 1. The molecule has 3 N–H and O–H groups in total. The Bertz CT molecular complexity index is 1340. The number of benzene rings is 2. The Labute approximate surface area is 189 Å². The second-order valence-corrected chi connectivity index (χ2v) is 7.97. The standard InChI is InChI=1S/C23H16F3NO7/c24-23(25,26)22-19(31)12(28)8-13(34-22)33-21-16-11(6-3-7-27-16)14-15(20(21)32)18(30)10-5-2-1-4-9(10)17(14)29/h1-7,12-13,19,22,28,31-32H,8H2/t12-,13+,19-,22+/m0/s1. The first-order valence-electron chi connectivity index (χ1n) is 10.2. The van der Waals surface area contributed by atoms with Gasteiger partial charge < -0.3 is 24.8 Å². The third-order valence-corrected chi connectivity index (χ3v) is 5.87. The van der Waals surface area contributed by atoms with Gasteiger partial charge in [-0.3, -0.25) is 14.6 Å². The lowest BCUT2D eigenvalue weighted by atomic mass is 9.81. The van der Waals surface area contributed by atoms with E-state index in [0.717, 1.165) is 0 Å². The molecule has 1 aliphatic carbocycles. The molecule has 1 saturated heterocycles. The zero-order chi connectivity index (χ0) is 24.4. The van der Waals surface area contributed by atoms with Gasteiger partial charge in [0.15, 0.2) is 29.2 Å². The Morgan fingerprint density at radius 1 is 1.00 bits per heavy atom. The number of ether oxygens (including phenoxy) is 2. The normalized spacial score (nSPS) is 24.6. The molecule has 0 unspecified atom stereocenters. The molecule has 2 heterocycles. The van der Waals surface area contributed by atoms with Crippen LogP contribution >= 0.6 is 0 Å². The van der Waals surface area contributed by atoms with Crippen molar-refractivity contribution in [2.75, 3.05) is 0 Å². The maximum absolute atomic E-state index is 13.3. The fourth-order valence-corrected chi connectivity index (χ4v) is 4.30. The Hall–Kier alpha value is -3.54. The number of aromatic hydroxyl groups is 1. The van der Waals surface area contributed by atoms with Crippen LogP contribution in [0.15, 0.2) is 42.6 Å². The summed E-state index contributed by atoms with van der Waals surface area (Å²) in [5.74, 6) is -2.48. The van der Waals surface area contributed by atoms with Crippen molar-refractivity contribution < 1.29 is 47.6 Å². The van der Waals surface area contributed by atoms with Crippen LogP contribution < -0.4 is 4.74 Å². The predicted octanol–water partition coefficient (Wildman–Crippen LogP) is 2.49. The molecule has 0 spiro atoms. The smallest absolute Gasteiger partial charge is 0.417 e. The van der Waals surface area contributed by atoms with Crippen LogP contribution in [0.2, 0.25) is 0 Å².